The van der Waals surface area contributed by atoms with Crippen LogP contribution in [0.5, 0.6) is 0 Å². The van der Waals surface area contributed by atoms with Gasteiger partial charge in [-0.15, -0.1) is 0 Å². The maximum absolute atomic E-state index is 12.5. The largest absolute Gasteiger partial charge is 0.263 e. The molecule has 26 heavy (non-hydrogen) atoms. The summed E-state index contributed by atoms with van der Waals surface area (Å²) in [6.45, 7) is 1.77. The second kappa shape index (κ2) is 7.45. The molecule has 0 aliphatic rings. The highest BCUT2D eigenvalue weighted by Gasteiger charge is 2.16. The topological polar surface area (TPSA) is 59.1 Å². The van der Waals surface area contributed by atoms with E-state index in [1.807, 2.05) is 6.07 Å². The number of nitrogens with zero attached hydrogens (tertiary/aromatic N) is 1. The number of halogens is 3. The van der Waals surface area contributed by atoms with Gasteiger partial charge in [0.05, 0.1) is 14.9 Å². The van der Waals surface area contributed by atoms with Gasteiger partial charge >= 0.3 is 0 Å². The SMILES string of the molecule is Cc1nc(NS(=O)(=O)c2cccc(Cl)c2)ccc1-c1cccc(Cl)c1Cl. The Bertz CT molecular complexity index is 1090. The van der Waals surface area contributed by atoms with Gasteiger partial charge in [-0.1, -0.05) is 53.0 Å². The normalized spacial score (nSPS) is 11.4. The van der Waals surface area contributed by atoms with Crippen molar-refractivity contribution in [3.05, 3.63) is 75.4 Å². The van der Waals surface area contributed by atoms with Crippen molar-refractivity contribution in [2.24, 2.45) is 0 Å². The van der Waals surface area contributed by atoms with E-state index in [4.69, 9.17) is 34.8 Å². The first kappa shape index (κ1) is 19.0. The van der Waals surface area contributed by atoms with Gasteiger partial charge in [0.2, 0.25) is 0 Å². The van der Waals surface area contributed by atoms with Crippen LogP contribution >= 0.6 is 34.8 Å². The third kappa shape index (κ3) is 3.96. The van der Waals surface area contributed by atoms with Crippen molar-refractivity contribution in [2.45, 2.75) is 11.8 Å². The minimum atomic E-state index is -3.79. The van der Waals surface area contributed by atoms with Gasteiger partial charge in [-0.25, -0.2) is 13.4 Å². The molecular formula is C18H13Cl3N2O2S. The van der Waals surface area contributed by atoms with E-state index in [1.54, 1.807) is 43.3 Å². The lowest BCUT2D eigenvalue weighted by Crippen LogP contribution is -2.14. The number of hydrogen-bond acceptors (Lipinski definition) is 3. The first-order chi connectivity index (χ1) is 12.3. The molecule has 0 radical (unpaired) electrons. The Balaban J connectivity index is 1.94. The van der Waals surface area contributed by atoms with E-state index in [0.29, 0.717) is 20.8 Å². The molecule has 0 aliphatic carbocycles. The zero-order chi connectivity index (χ0) is 18.9. The lowest BCUT2D eigenvalue weighted by atomic mass is 10.0. The highest BCUT2D eigenvalue weighted by Crippen LogP contribution is 2.35. The van der Waals surface area contributed by atoms with Crippen molar-refractivity contribution in [2.75, 3.05) is 4.72 Å². The maximum Gasteiger partial charge on any atom is 0.263 e. The van der Waals surface area contributed by atoms with Crippen LogP contribution in [0.4, 0.5) is 5.82 Å². The Labute approximate surface area is 166 Å². The van der Waals surface area contributed by atoms with Gasteiger partial charge in [0, 0.05) is 21.8 Å². The molecule has 2 aromatic carbocycles. The summed E-state index contributed by atoms with van der Waals surface area (Å²) in [6.07, 6.45) is 0. The highest BCUT2D eigenvalue weighted by atomic mass is 35.5. The lowest BCUT2D eigenvalue weighted by molar-refractivity contribution is 0.601. The summed E-state index contributed by atoms with van der Waals surface area (Å²) in [4.78, 5) is 4.39. The fraction of sp³-hybridized carbons (Fsp3) is 0.0556. The van der Waals surface area contributed by atoms with Crippen molar-refractivity contribution in [3.8, 4) is 11.1 Å². The Morgan fingerprint density at radius 3 is 2.35 bits per heavy atom. The predicted molar refractivity (Wildman–Crippen MR) is 107 cm³/mol. The smallest absolute Gasteiger partial charge is 0.263 e. The second-order valence-electron chi connectivity index (χ2n) is 5.49. The average Bonchev–Trinajstić information content (AvgIpc) is 2.58. The Hall–Kier alpha value is -1.79. The van der Waals surface area contributed by atoms with E-state index < -0.39 is 10.0 Å². The first-order valence-corrected chi connectivity index (χ1v) is 10.1. The fourth-order valence-electron chi connectivity index (χ4n) is 2.45. The van der Waals surface area contributed by atoms with Crippen LogP contribution in [0.2, 0.25) is 15.1 Å². The van der Waals surface area contributed by atoms with Crippen molar-refractivity contribution < 1.29 is 8.42 Å². The summed E-state index contributed by atoms with van der Waals surface area (Å²) < 4.78 is 27.4. The van der Waals surface area contributed by atoms with Crippen LogP contribution in [0.25, 0.3) is 11.1 Å². The van der Waals surface area contributed by atoms with E-state index in [9.17, 15) is 8.42 Å². The number of rotatable bonds is 4. The molecule has 4 nitrogen and oxygen atoms in total. The number of aryl methyl sites for hydroxylation is 1. The molecule has 0 spiro atoms. The molecular weight excluding hydrogens is 415 g/mol. The van der Waals surface area contributed by atoms with Gasteiger partial charge < -0.3 is 0 Å². The Morgan fingerprint density at radius 1 is 0.923 bits per heavy atom. The van der Waals surface area contributed by atoms with E-state index in [1.165, 1.54) is 12.1 Å². The number of pyridine rings is 1. The second-order valence-corrected chi connectivity index (χ2v) is 8.40. The molecule has 0 saturated carbocycles. The van der Waals surface area contributed by atoms with E-state index >= 15 is 0 Å². The van der Waals surface area contributed by atoms with E-state index in [2.05, 4.69) is 9.71 Å². The van der Waals surface area contributed by atoms with Crippen molar-refractivity contribution in [1.82, 2.24) is 4.98 Å². The molecule has 0 bridgehead atoms. The number of nitrogens with one attached hydrogen (secondary N) is 1. The van der Waals surface area contributed by atoms with Crippen molar-refractivity contribution in [3.63, 3.8) is 0 Å². The molecule has 0 atom stereocenters. The summed E-state index contributed by atoms with van der Waals surface area (Å²) in [5, 5.41) is 1.20. The Morgan fingerprint density at radius 2 is 1.65 bits per heavy atom. The van der Waals surface area contributed by atoms with Crippen LogP contribution in [0.3, 0.4) is 0 Å². The number of aromatic nitrogens is 1. The van der Waals surface area contributed by atoms with Crippen LogP contribution in [-0.2, 0) is 10.0 Å². The standard InChI is InChI=1S/C18H13Cl3N2O2S/c1-11-14(15-6-3-7-16(20)18(15)21)8-9-17(22-11)23-26(24,25)13-5-2-4-12(19)10-13/h2-10H,1H3,(H,22,23). The van der Waals surface area contributed by atoms with E-state index in [-0.39, 0.29) is 10.7 Å². The van der Waals surface area contributed by atoms with Crippen LogP contribution in [0.1, 0.15) is 5.69 Å². The van der Waals surface area contributed by atoms with Crippen LogP contribution in [0.15, 0.2) is 59.5 Å². The van der Waals surface area contributed by atoms with Gasteiger partial charge in [-0.3, -0.25) is 4.72 Å². The quantitative estimate of drug-likeness (QED) is 0.571. The zero-order valence-electron chi connectivity index (χ0n) is 13.5. The number of sulfonamides is 1. The molecule has 0 fully saturated rings. The van der Waals surface area contributed by atoms with Gasteiger partial charge in [0.1, 0.15) is 5.82 Å². The third-order valence-corrected chi connectivity index (χ3v) is 6.08. The third-order valence-electron chi connectivity index (χ3n) is 3.67. The molecule has 3 aromatic rings. The molecule has 8 heteroatoms. The van der Waals surface area contributed by atoms with Gasteiger partial charge in [0.25, 0.3) is 10.0 Å². The van der Waals surface area contributed by atoms with Crippen LogP contribution in [-0.4, -0.2) is 13.4 Å². The zero-order valence-corrected chi connectivity index (χ0v) is 16.6. The van der Waals surface area contributed by atoms with Crippen molar-refractivity contribution >= 4 is 50.6 Å². The monoisotopic (exact) mass is 426 g/mol. The minimum Gasteiger partial charge on any atom is -0.263 e. The fourth-order valence-corrected chi connectivity index (χ4v) is 4.15. The molecule has 0 aliphatic heterocycles. The van der Waals surface area contributed by atoms with E-state index in [0.717, 1.165) is 11.1 Å². The minimum absolute atomic E-state index is 0.0615. The molecule has 1 N–H and O–H groups in total. The van der Waals surface area contributed by atoms with Crippen LogP contribution < -0.4 is 4.72 Å². The van der Waals surface area contributed by atoms with Gasteiger partial charge in [-0.2, -0.15) is 0 Å². The number of benzene rings is 2. The Kier molecular flexibility index (Phi) is 5.44. The molecule has 3 rings (SSSR count). The summed E-state index contributed by atoms with van der Waals surface area (Å²) in [6, 6.07) is 14.6. The average molecular weight is 428 g/mol. The summed E-state index contributed by atoms with van der Waals surface area (Å²) in [7, 11) is -3.79. The molecule has 0 unspecified atom stereocenters. The molecule has 0 amide bonds. The first-order valence-electron chi connectivity index (χ1n) is 7.48. The predicted octanol–water partition coefficient (Wildman–Crippen LogP) is 5.82. The number of hydrogen-bond donors (Lipinski definition) is 1. The van der Waals surface area contributed by atoms with Crippen LogP contribution in [0, 0.1) is 6.92 Å². The molecule has 134 valence electrons. The maximum atomic E-state index is 12.5. The molecule has 0 saturated heterocycles. The molecule has 1 heterocycles. The van der Waals surface area contributed by atoms with Crippen molar-refractivity contribution in [1.29, 1.82) is 0 Å². The summed E-state index contributed by atoms with van der Waals surface area (Å²) in [5.74, 6) is 0.198. The molecule has 1 aromatic heterocycles. The summed E-state index contributed by atoms with van der Waals surface area (Å²) >= 11 is 18.2. The van der Waals surface area contributed by atoms with Gasteiger partial charge in [-0.05, 0) is 43.3 Å². The summed E-state index contributed by atoms with van der Waals surface area (Å²) in [5.41, 5.74) is 2.11. The lowest BCUT2D eigenvalue weighted by Gasteiger charge is -2.12. The number of anilines is 1. The van der Waals surface area contributed by atoms with Gasteiger partial charge in [0.15, 0.2) is 0 Å². The highest BCUT2D eigenvalue weighted by molar-refractivity contribution is 7.92.